The third-order valence-corrected chi connectivity index (χ3v) is 3.83. The smallest absolute Gasteiger partial charge is 0.216 e. The minimum atomic E-state index is -0.565. The fourth-order valence-corrected chi connectivity index (χ4v) is 2.49. The van der Waals surface area contributed by atoms with E-state index in [1.54, 1.807) is 0 Å². The Balaban J connectivity index is 2.86. The van der Waals surface area contributed by atoms with Gasteiger partial charge in [0.25, 0.3) is 0 Å². The third-order valence-electron chi connectivity index (χ3n) is 2.58. The number of ether oxygens (including phenoxy) is 2. The van der Waals surface area contributed by atoms with Gasteiger partial charge in [0.05, 0.1) is 0 Å². The summed E-state index contributed by atoms with van der Waals surface area (Å²) in [5, 5.41) is 0. The molecule has 90 valence electrons. The van der Waals surface area contributed by atoms with Gasteiger partial charge in [-0.2, -0.15) is 0 Å². The number of anilines is 1. The van der Waals surface area contributed by atoms with E-state index in [0.717, 1.165) is 15.9 Å². The summed E-state index contributed by atoms with van der Waals surface area (Å²) >= 11 is 0. The van der Waals surface area contributed by atoms with Gasteiger partial charge in [0, 0.05) is 25.9 Å². The Morgan fingerprint density at radius 1 is 1.12 bits per heavy atom. The number of benzene rings is 1. The molecule has 0 unspecified atom stereocenters. The lowest BCUT2D eigenvalue weighted by molar-refractivity contribution is -0.170. The van der Waals surface area contributed by atoms with Gasteiger partial charge in [0.1, 0.15) is 10.2 Å². The predicted molar refractivity (Wildman–Crippen MR) is 70.8 cm³/mol. The lowest BCUT2D eigenvalue weighted by atomic mass is 10.3. The molecule has 16 heavy (non-hydrogen) atoms. The lowest BCUT2D eigenvalue weighted by Crippen LogP contribution is -2.52. The van der Waals surface area contributed by atoms with Crippen LogP contribution >= 0.6 is 0 Å². The number of para-hydroxylation sites is 1. The van der Waals surface area contributed by atoms with E-state index in [4.69, 9.17) is 9.47 Å². The molecule has 1 rings (SSSR count). The minimum Gasteiger partial charge on any atom is -0.338 e. The second-order valence-corrected chi connectivity index (χ2v) is 4.92. The molecule has 0 radical (unpaired) electrons. The van der Waals surface area contributed by atoms with Crippen LogP contribution in [0, 0.1) is 0 Å². The van der Waals surface area contributed by atoms with Crippen LogP contribution in [0.3, 0.4) is 0 Å². The van der Waals surface area contributed by atoms with Gasteiger partial charge in [-0.05, 0) is 26.0 Å². The van der Waals surface area contributed by atoms with Crippen LogP contribution in [0.15, 0.2) is 30.3 Å². The van der Waals surface area contributed by atoms with Gasteiger partial charge in [-0.1, -0.05) is 18.2 Å². The maximum absolute atomic E-state index is 5.75. The van der Waals surface area contributed by atoms with Crippen LogP contribution in [0.5, 0.6) is 0 Å². The van der Waals surface area contributed by atoms with E-state index in [0.29, 0.717) is 13.2 Å². The van der Waals surface area contributed by atoms with Gasteiger partial charge >= 0.3 is 0 Å². The van der Waals surface area contributed by atoms with Gasteiger partial charge < -0.3 is 14.4 Å². The zero-order valence-corrected chi connectivity index (χ0v) is 12.6. The zero-order chi connectivity index (χ0) is 12.0. The summed E-state index contributed by atoms with van der Waals surface area (Å²) in [6.45, 7) is 5.29. The minimum absolute atomic E-state index is 0.565. The molecule has 0 aromatic heterocycles. The molecule has 3 nitrogen and oxygen atoms in total. The van der Waals surface area contributed by atoms with Crippen LogP contribution in [-0.2, 0) is 9.47 Å². The predicted octanol–water partition coefficient (Wildman–Crippen LogP) is 1.17. The Labute approximate surface area is 101 Å². The van der Waals surface area contributed by atoms with E-state index in [-0.39, 0.29) is 0 Å². The molecule has 0 amide bonds. The Hall–Kier alpha value is -0.843. The fraction of sp³-hybridized carbons (Fsp3) is 0.500. The molecule has 1 aromatic carbocycles. The molecule has 0 aliphatic rings. The quantitative estimate of drug-likeness (QED) is 0.549. The van der Waals surface area contributed by atoms with Gasteiger partial charge in [-0.3, -0.25) is 0 Å². The first-order chi connectivity index (χ1) is 7.64. The van der Waals surface area contributed by atoms with Crippen LogP contribution in [0.2, 0.25) is 0 Å². The van der Waals surface area contributed by atoms with Crippen LogP contribution in [0.1, 0.15) is 13.8 Å². The molecule has 0 saturated carbocycles. The molecule has 0 heterocycles. The SMILES string of the molecule is CCOC([SiH3])(OCC)N(C)c1ccccc1. The average molecular weight is 239 g/mol. The summed E-state index contributed by atoms with van der Waals surface area (Å²) in [7, 11) is 2.80. The Bertz CT molecular complexity index is 299. The van der Waals surface area contributed by atoms with E-state index < -0.39 is 5.53 Å². The molecular weight excluding hydrogens is 218 g/mol. The molecule has 0 aliphatic carbocycles. The summed E-state index contributed by atoms with van der Waals surface area (Å²) in [6.07, 6.45) is 0. The molecule has 0 saturated heterocycles. The average Bonchev–Trinajstić information content (AvgIpc) is 2.30. The molecule has 0 N–H and O–H groups in total. The van der Waals surface area contributed by atoms with E-state index in [1.165, 1.54) is 0 Å². The number of nitrogens with zero attached hydrogens (tertiary/aromatic N) is 1. The maximum atomic E-state index is 5.75. The highest BCUT2D eigenvalue weighted by Crippen LogP contribution is 2.22. The monoisotopic (exact) mass is 239 g/mol. The highest BCUT2D eigenvalue weighted by molar-refractivity contribution is 6.14. The van der Waals surface area contributed by atoms with Crippen LogP contribution in [0.4, 0.5) is 5.69 Å². The van der Waals surface area contributed by atoms with Crippen molar-refractivity contribution < 1.29 is 9.47 Å². The summed E-state index contributed by atoms with van der Waals surface area (Å²) in [5.74, 6) is 0. The van der Waals surface area contributed by atoms with E-state index >= 15 is 0 Å². The molecule has 0 fully saturated rings. The third kappa shape index (κ3) is 3.07. The van der Waals surface area contributed by atoms with Crippen molar-refractivity contribution in [3.05, 3.63) is 30.3 Å². The summed E-state index contributed by atoms with van der Waals surface area (Å²) in [5.41, 5.74) is 0.546. The largest absolute Gasteiger partial charge is 0.338 e. The van der Waals surface area contributed by atoms with Gasteiger partial charge in [-0.15, -0.1) is 0 Å². The topological polar surface area (TPSA) is 21.7 Å². The normalized spacial score (nSPS) is 11.7. The number of hydrogen-bond donors (Lipinski definition) is 0. The molecule has 4 heteroatoms. The Morgan fingerprint density at radius 2 is 1.62 bits per heavy atom. The molecular formula is C12H21NO2Si. The van der Waals surface area contributed by atoms with Crippen molar-refractivity contribution >= 4 is 15.9 Å². The summed E-state index contributed by atoms with van der Waals surface area (Å²) in [4.78, 5) is 2.06. The van der Waals surface area contributed by atoms with Crippen LogP contribution in [-0.4, -0.2) is 36.0 Å². The first-order valence-electron chi connectivity index (χ1n) is 5.70. The zero-order valence-electron chi connectivity index (χ0n) is 10.6. The Kier molecular flexibility index (Phi) is 4.98. The molecule has 0 spiro atoms. The van der Waals surface area contributed by atoms with Crippen molar-refractivity contribution in [3.8, 4) is 0 Å². The summed E-state index contributed by atoms with van der Waals surface area (Å²) in [6, 6.07) is 10.2. The van der Waals surface area contributed by atoms with Gasteiger partial charge in [-0.25, -0.2) is 0 Å². The highest BCUT2D eigenvalue weighted by atomic mass is 28.1. The van der Waals surface area contributed by atoms with E-state index in [1.807, 2.05) is 39.1 Å². The maximum Gasteiger partial charge on any atom is 0.216 e. The second-order valence-electron chi connectivity index (χ2n) is 3.66. The number of hydrogen-bond acceptors (Lipinski definition) is 3. The van der Waals surface area contributed by atoms with E-state index in [2.05, 4.69) is 17.0 Å². The van der Waals surface area contributed by atoms with Crippen molar-refractivity contribution in [2.45, 2.75) is 19.4 Å². The van der Waals surface area contributed by atoms with Crippen molar-refractivity contribution in [1.29, 1.82) is 0 Å². The molecule has 0 atom stereocenters. The van der Waals surface area contributed by atoms with Crippen molar-refractivity contribution in [3.63, 3.8) is 0 Å². The lowest BCUT2D eigenvalue weighted by Gasteiger charge is -2.39. The highest BCUT2D eigenvalue weighted by Gasteiger charge is 2.30. The molecule has 0 aliphatic heterocycles. The van der Waals surface area contributed by atoms with Crippen molar-refractivity contribution in [2.75, 3.05) is 25.2 Å². The first-order valence-corrected chi connectivity index (χ1v) is 6.70. The van der Waals surface area contributed by atoms with Crippen molar-refractivity contribution in [2.24, 2.45) is 0 Å². The van der Waals surface area contributed by atoms with Gasteiger partial charge in [0.15, 0.2) is 0 Å². The van der Waals surface area contributed by atoms with Crippen LogP contribution < -0.4 is 4.90 Å². The molecule has 1 aromatic rings. The second kappa shape index (κ2) is 6.03. The number of rotatable bonds is 6. The fourth-order valence-electron chi connectivity index (χ4n) is 1.66. The van der Waals surface area contributed by atoms with Gasteiger partial charge in [0.2, 0.25) is 5.53 Å². The Morgan fingerprint density at radius 3 is 2.06 bits per heavy atom. The summed E-state index contributed by atoms with van der Waals surface area (Å²) < 4.78 is 11.5. The first kappa shape index (κ1) is 13.2. The standard InChI is InChI=1S/C12H21NO2Si/c1-4-14-12(16,15-5-2)13(3)11-9-7-6-8-10-11/h6-10H,4-5H2,1-3,16H3. The molecule has 0 bridgehead atoms. The van der Waals surface area contributed by atoms with Crippen molar-refractivity contribution in [1.82, 2.24) is 0 Å². The van der Waals surface area contributed by atoms with E-state index in [9.17, 15) is 0 Å². The van der Waals surface area contributed by atoms with Crippen LogP contribution in [0.25, 0.3) is 0 Å².